The zero-order chi connectivity index (χ0) is 16.5. The van der Waals surface area contributed by atoms with E-state index < -0.39 is 24.0 Å². The number of nitrogens with zero attached hydrogens (tertiary/aromatic N) is 1. The van der Waals surface area contributed by atoms with Crippen molar-refractivity contribution in [2.24, 2.45) is 0 Å². The van der Waals surface area contributed by atoms with Crippen LogP contribution in [0.3, 0.4) is 0 Å². The van der Waals surface area contributed by atoms with Crippen molar-refractivity contribution in [3.8, 4) is 0 Å². The molecule has 0 aromatic carbocycles. The first kappa shape index (κ1) is 16.9. The summed E-state index contributed by atoms with van der Waals surface area (Å²) < 4.78 is 27.3. The van der Waals surface area contributed by atoms with E-state index in [1.54, 1.807) is 0 Å². The SMILES string of the molecule is CC(C)(O)C(F)(F)CNC(=O)c1cnc(Cl)cc1NC1CC1. The number of rotatable bonds is 6. The van der Waals surface area contributed by atoms with Crippen LogP contribution in [0, 0.1) is 0 Å². The Hall–Kier alpha value is -1.47. The minimum Gasteiger partial charge on any atom is -0.384 e. The second-order valence-electron chi connectivity index (χ2n) is 5.92. The van der Waals surface area contributed by atoms with E-state index in [-0.39, 0.29) is 16.8 Å². The third-order valence-electron chi connectivity index (χ3n) is 3.42. The molecular formula is C14H18ClF2N3O2. The number of aromatic nitrogens is 1. The van der Waals surface area contributed by atoms with E-state index in [0.717, 1.165) is 26.7 Å². The minimum absolute atomic E-state index is 0.142. The molecule has 0 spiro atoms. The number of carbonyl (C=O) groups excluding carboxylic acids is 1. The van der Waals surface area contributed by atoms with Gasteiger partial charge in [-0.15, -0.1) is 0 Å². The molecule has 1 aromatic heterocycles. The molecule has 1 aromatic rings. The molecule has 1 aliphatic rings. The quantitative estimate of drug-likeness (QED) is 0.699. The van der Waals surface area contributed by atoms with E-state index in [0.29, 0.717) is 5.69 Å². The van der Waals surface area contributed by atoms with Crippen LogP contribution in [-0.4, -0.2) is 40.1 Å². The molecular weight excluding hydrogens is 316 g/mol. The first-order valence-corrected chi connectivity index (χ1v) is 7.28. The number of alkyl halides is 2. The highest BCUT2D eigenvalue weighted by Gasteiger charge is 2.45. The number of hydrogen-bond donors (Lipinski definition) is 3. The second kappa shape index (κ2) is 5.96. The van der Waals surface area contributed by atoms with Gasteiger partial charge < -0.3 is 15.7 Å². The molecule has 8 heteroatoms. The van der Waals surface area contributed by atoms with Gasteiger partial charge in [0.05, 0.1) is 17.8 Å². The van der Waals surface area contributed by atoms with Crippen molar-refractivity contribution in [3.05, 3.63) is 23.0 Å². The van der Waals surface area contributed by atoms with E-state index in [1.165, 1.54) is 12.3 Å². The average molecular weight is 334 g/mol. The first-order chi connectivity index (χ1) is 10.1. The summed E-state index contributed by atoms with van der Waals surface area (Å²) in [5.74, 6) is -4.15. The van der Waals surface area contributed by atoms with Crippen LogP contribution in [0.5, 0.6) is 0 Å². The van der Waals surface area contributed by atoms with E-state index in [4.69, 9.17) is 11.6 Å². The summed E-state index contributed by atoms with van der Waals surface area (Å²) in [5, 5.41) is 14.9. The number of halogens is 3. The number of nitrogens with one attached hydrogen (secondary N) is 2. The van der Waals surface area contributed by atoms with Gasteiger partial charge in [0.1, 0.15) is 10.8 Å². The Kier molecular flexibility index (Phi) is 4.58. The van der Waals surface area contributed by atoms with Gasteiger partial charge in [0, 0.05) is 12.2 Å². The minimum atomic E-state index is -3.45. The molecule has 0 saturated heterocycles. The Morgan fingerprint density at radius 3 is 2.68 bits per heavy atom. The molecule has 0 unspecified atom stereocenters. The summed E-state index contributed by atoms with van der Waals surface area (Å²) in [5.41, 5.74) is -1.62. The van der Waals surface area contributed by atoms with Crippen LogP contribution in [-0.2, 0) is 0 Å². The summed E-state index contributed by atoms with van der Waals surface area (Å²) in [7, 11) is 0. The first-order valence-electron chi connectivity index (χ1n) is 6.90. The van der Waals surface area contributed by atoms with Crippen LogP contribution in [0.1, 0.15) is 37.0 Å². The lowest BCUT2D eigenvalue weighted by Crippen LogP contribution is -2.50. The number of hydrogen-bond acceptors (Lipinski definition) is 4. The zero-order valence-electron chi connectivity index (χ0n) is 12.3. The fraction of sp³-hybridized carbons (Fsp3) is 0.571. The maximum Gasteiger partial charge on any atom is 0.292 e. The number of pyridine rings is 1. The maximum absolute atomic E-state index is 13.7. The smallest absolute Gasteiger partial charge is 0.292 e. The van der Waals surface area contributed by atoms with E-state index in [1.807, 2.05) is 0 Å². The van der Waals surface area contributed by atoms with Gasteiger partial charge in [-0.1, -0.05) is 11.6 Å². The van der Waals surface area contributed by atoms with Crippen molar-refractivity contribution in [3.63, 3.8) is 0 Å². The summed E-state index contributed by atoms with van der Waals surface area (Å²) in [6.07, 6.45) is 3.21. The molecule has 2 rings (SSSR count). The lowest BCUT2D eigenvalue weighted by Gasteiger charge is -2.29. The molecule has 3 N–H and O–H groups in total. The Balaban J connectivity index is 2.09. The van der Waals surface area contributed by atoms with Crippen molar-refractivity contribution >= 4 is 23.2 Å². The maximum atomic E-state index is 13.7. The fourth-order valence-electron chi connectivity index (χ4n) is 1.68. The highest BCUT2D eigenvalue weighted by molar-refractivity contribution is 6.29. The van der Waals surface area contributed by atoms with Gasteiger partial charge in [-0.2, -0.15) is 0 Å². The predicted octanol–water partition coefficient (Wildman–Crippen LogP) is 2.45. The molecule has 0 bridgehead atoms. The van der Waals surface area contributed by atoms with Crippen LogP contribution >= 0.6 is 11.6 Å². The van der Waals surface area contributed by atoms with E-state index in [2.05, 4.69) is 15.6 Å². The Morgan fingerprint density at radius 2 is 2.14 bits per heavy atom. The highest BCUT2D eigenvalue weighted by atomic mass is 35.5. The molecule has 0 radical (unpaired) electrons. The van der Waals surface area contributed by atoms with E-state index in [9.17, 15) is 18.7 Å². The normalized spacial score (nSPS) is 15.5. The van der Waals surface area contributed by atoms with Crippen molar-refractivity contribution in [1.82, 2.24) is 10.3 Å². The number of carbonyl (C=O) groups is 1. The second-order valence-corrected chi connectivity index (χ2v) is 6.30. The molecule has 5 nitrogen and oxygen atoms in total. The number of amides is 1. The van der Waals surface area contributed by atoms with Gasteiger partial charge in [-0.25, -0.2) is 13.8 Å². The van der Waals surface area contributed by atoms with Gasteiger partial charge in [0.15, 0.2) is 0 Å². The summed E-state index contributed by atoms with van der Waals surface area (Å²) in [6, 6.07) is 1.76. The van der Waals surface area contributed by atoms with Gasteiger partial charge in [0.2, 0.25) is 0 Å². The molecule has 1 saturated carbocycles. The van der Waals surface area contributed by atoms with E-state index >= 15 is 0 Å². The molecule has 0 aliphatic heterocycles. The van der Waals surface area contributed by atoms with Crippen LogP contribution in [0.4, 0.5) is 14.5 Å². The average Bonchev–Trinajstić information content (AvgIpc) is 3.19. The molecule has 122 valence electrons. The molecule has 1 heterocycles. The van der Waals surface area contributed by atoms with Crippen molar-refractivity contribution in [1.29, 1.82) is 0 Å². The molecule has 1 fully saturated rings. The number of aliphatic hydroxyl groups is 1. The number of anilines is 1. The summed E-state index contributed by atoms with van der Waals surface area (Å²) in [4.78, 5) is 15.9. The monoisotopic (exact) mass is 333 g/mol. The standard InChI is InChI=1S/C14H18ClF2N3O2/c1-13(2,22)14(16,17)7-19-12(21)9-6-18-11(15)5-10(9)20-8-3-4-8/h5-6,8,22H,3-4,7H2,1-2H3,(H,18,20)(H,19,21). The van der Waals surface area contributed by atoms with Gasteiger partial charge in [-0.05, 0) is 32.8 Å². The van der Waals surface area contributed by atoms with Crippen molar-refractivity contribution in [2.75, 3.05) is 11.9 Å². The predicted molar refractivity (Wildman–Crippen MR) is 79.5 cm³/mol. The largest absolute Gasteiger partial charge is 0.384 e. The van der Waals surface area contributed by atoms with Gasteiger partial charge >= 0.3 is 0 Å². The van der Waals surface area contributed by atoms with Crippen molar-refractivity contribution < 1.29 is 18.7 Å². The highest BCUT2D eigenvalue weighted by Crippen LogP contribution is 2.29. The van der Waals surface area contributed by atoms with Crippen LogP contribution in [0.15, 0.2) is 12.3 Å². The Labute approximate surface area is 132 Å². The van der Waals surface area contributed by atoms with Gasteiger partial charge in [-0.3, -0.25) is 4.79 Å². The lowest BCUT2D eigenvalue weighted by atomic mass is 10.0. The Bertz CT molecular complexity index is 572. The molecule has 0 atom stereocenters. The molecule has 1 amide bonds. The zero-order valence-corrected chi connectivity index (χ0v) is 13.0. The van der Waals surface area contributed by atoms with Gasteiger partial charge in [0.25, 0.3) is 11.8 Å². The summed E-state index contributed by atoms with van der Waals surface area (Å²) in [6.45, 7) is 1.01. The van der Waals surface area contributed by atoms with Crippen molar-refractivity contribution in [2.45, 2.75) is 44.3 Å². The summed E-state index contributed by atoms with van der Waals surface area (Å²) >= 11 is 5.80. The lowest BCUT2D eigenvalue weighted by molar-refractivity contribution is -0.156. The molecule has 1 aliphatic carbocycles. The third kappa shape index (κ3) is 4.04. The van der Waals surface area contributed by atoms with Crippen LogP contribution in [0.25, 0.3) is 0 Å². The van der Waals surface area contributed by atoms with Crippen LogP contribution in [0.2, 0.25) is 5.15 Å². The fourth-order valence-corrected chi connectivity index (χ4v) is 1.84. The third-order valence-corrected chi connectivity index (χ3v) is 3.62. The topological polar surface area (TPSA) is 74.2 Å². The Morgan fingerprint density at radius 1 is 1.50 bits per heavy atom. The van der Waals surface area contributed by atoms with Crippen LogP contribution < -0.4 is 10.6 Å². The molecule has 22 heavy (non-hydrogen) atoms.